The maximum absolute atomic E-state index is 13.6. The summed E-state index contributed by atoms with van der Waals surface area (Å²) in [4.78, 5) is 33.4. The summed E-state index contributed by atoms with van der Waals surface area (Å²) in [6.07, 6.45) is 5.61. The summed E-state index contributed by atoms with van der Waals surface area (Å²) >= 11 is 0. The van der Waals surface area contributed by atoms with E-state index in [-0.39, 0.29) is 17.7 Å². The first-order valence-electron chi connectivity index (χ1n) is 14.3. The smallest absolute Gasteiger partial charge is 0.247 e. The Morgan fingerprint density at radius 3 is 2.40 bits per heavy atom. The summed E-state index contributed by atoms with van der Waals surface area (Å²) in [6, 6.07) is 18.4. The van der Waals surface area contributed by atoms with E-state index in [4.69, 9.17) is 5.73 Å². The molecule has 2 amide bonds. The first-order chi connectivity index (χ1) is 20.4. The first kappa shape index (κ1) is 28.9. The number of H-pyrrole nitrogens is 1. The van der Waals surface area contributed by atoms with Crippen molar-refractivity contribution in [1.82, 2.24) is 30.9 Å². The van der Waals surface area contributed by atoms with Crippen LogP contribution in [0.25, 0.3) is 22.5 Å². The lowest BCUT2D eigenvalue weighted by molar-refractivity contribution is -0.130. The largest absolute Gasteiger partial charge is 0.363 e. The molecule has 5 N–H and O–H groups in total. The SMILES string of the molecule is CN(C)c1ccc(-c2cccc(CC(NC(=O)C3CCC(CN)CC3)C(=O)Nc3ccc(-c4nn[nH]n4)cc3)c2)cn1. The molecule has 0 radical (unpaired) electrons. The molecule has 0 aliphatic heterocycles. The fraction of sp³-hybridized carbons (Fsp3) is 0.355. The zero-order valence-electron chi connectivity index (χ0n) is 24.0. The minimum atomic E-state index is -0.758. The van der Waals surface area contributed by atoms with Crippen molar-refractivity contribution in [2.75, 3.05) is 30.9 Å². The molecule has 4 aromatic rings. The van der Waals surface area contributed by atoms with Gasteiger partial charge in [-0.1, -0.05) is 24.3 Å². The Morgan fingerprint density at radius 2 is 1.76 bits per heavy atom. The van der Waals surface area contributed by atoms with Gasteiger partial charge in [0, 0.05) is 49.4 Å². The molecule has 2 aromatic heterocycles. The number of tetrazole rings is 1. The first-order valence-corrected chi connectivity index (χ1v) is 14.3. The van der Waals surface area contributed by atoms with Crippen LogP contribution in [0.1, 0.15) is 31.2 Å². The molecular formula is C31H37N9O2. The number of aromatic amines is 1. The topological polar surface area (TPSA) is 155 Å². The van der Waals surface area contributed by atoms with Crippen LogP contribution in [0.5, 0.6) is 0 Å². The van der Waals surface area contributed by atoms with Crippen molar-refractivity contribution in [2.45, 2.75) is 38.1 Å². The number of carbonyl (C=O) groups excluding carboxylic acids is 2. The zero-order valence-corrected chi connectivity index (χ0v) is 24.0. The van der Waals surface area contributed by atoms with Gasteiger partial charge in [0.25, 0.3) is 0 Å². The molecule has 1 saturated carbocycles. The van der Waals surface area contributed by atoms with Crippen molar-refractivity contribution in [3.05, 3.63) is 72.4 Å². The Kier molecular flexibility index (Phi) is 9.18. The van der Waals surface area contributed by atoms with Crippen LogP contribution in [-0.2, 0) is 16.0 Å². The molecule has 1 aliphatic carbocycles. The summed E-state index contributed by atoms with van der Waals surface area (Å²) in [5.74, 6) is 1.32. The van der Waals surface area contributed by atoms with E-state index < -0.39 is 6.04 Å². The van der Waals surface area contributed by atoms with Crippen LogP contribution in [0.15, 0.2) is 66.9 Å². The molecule has 0 saturated heterocycles. The van der Waals surface area contributed by atoms with Gasteiger partial charge < -0.3 is 21.3 Å². The highest BCUT2D eigenvalue weighted by Gasteiger charge is 2.29. The lowest BCUT2D eigenvalue weighted by Crippen LogP contribution is -2.48. The van der Waals surface area contributed by atoms with Crippen LogP contribution in [0.4, 0.5) is 11.5 Å². The number of amides is 2. The second-order valence-corrected chi connectivity index (χ2v) is 11.0. The Balaban J connectivity index is 1.33. The molecule has 2 heterocycles. The fourth-order valence-electron chi connectivity index (χ4n) is 5.31. The van der Waals surface area contributed by atoms with E-state index in [9.17, 15) is 9.59 Å². The minimum absolute atomic E-state index is 0.0855. The third-order valence-corrected chi connectivity index (χ3v) is 7.85. The number of benzene rings is 2. The van der Waals surface area contributed by atoms with Crippen molar-refractivity contribution in [1.29, 1.82) is 0 Å². The fourth-order valence-corrected chi connectivity index (χ4v) is 5.31. The average molecular weight is 568 g/mol. The standard InChI is InChI=1S/C31H37N9O2/c1-40(2)28-15-12-25(19-33-28)24-5-3-4-21(16-24)17-27(35-30(41)23-8-6-20(18-32)7-9-23)31(42)34-26-13-10-22(11-14-26)29-36-38-39-37-29/h3-5,10-16,19-20,23,27H,6-9,17-18,32H2,1-2H3,(H,34,42)(H,35,41)(H,36,37,38,39). The van der Waals surface area contributed by atoms with Crippen molar-refractivity contribution in [2.24, 2.45) is 17.6 Å². The summed E-state index contributed by atoms with van der Waals surface area (Å²) in [6.45, 7) is 0.647. The third kappa shape index (κ3) is 7.16. The summed E-state index contributed by atoms with van der Waals surface area (Å²) in [5, 5.41) is 20.0. The third-order valence-electron chi connectivity index (χ3n) is 7.85. The average Bonchev–Trinajstić information content (AvgIpc) is 3.56. The van der Waals surface area contributed by atoms with Crippen molar-refractivity contribution < 1.29 is 9.59 Å². The van der Waals surface area contributed by atoms with Gasteiger partial charge in [-0.15, -0.1) is 10.2 Å². The van der Waals surface area contributed by atoms with Gasteiger partial charge in [-0.3, -0.25) is 9.59 Å². The molecule has 218 valence electrons. The second-order valence-electron chi connectivity index (χ2n) is 11.0. The van der Waals surface area contributed by atoms with E-state index in [1.807, 2.05) is 73.7 Å². The molecule has 42 heavy (non-hydrogen) atoms. The van der Waals surface area contributed by atoms with Crippen LogP contribution in [0.3, 0.4) is 0 Å². The lowest BCUT2D eigenvalue weighted by Gasteiger charge is -2.28. The highest BCUT2D eigenvalue weighted by molar-refractivity contribution is 5.97. The summed E-state index contributed by atoms with van der Waals surface area (Å²) in [7, 11) is 3.91. The van der Waals surface area contributed by atoms with E-state index >= 15 is 0 Å². The van der Waals surface area contributed by atoms with Gasteiger partial charge in [-0.25, -0.2) is 4.98 Å². The van der Waals surface area contributed by atoms with Gasteiger partial charge in [-0.2, -0.15) is 5.21 Å². The number of anilines is 2. The molecule has 1 fully saturated rings. The van der Waals surface area contributed by atoms with Crippen LogP contribution in [0.2, 0.25) is 0 Å². The number of hydrogen-bond donors (Lipinski definition) is 4. The van der Waals surface area contributed by atoms with Gasteiger partial charge in [0.15, 0.2) is 0 Å². The van der Waals surface area contributed by atoms with Crippen LogP contribution in [-0.4, -0.2) is 64.1 Å². The van der Waals surface area contributed by atoms with Gasteiger partial charge in [-0.05, 0) is 90.9 Å². The maximum atomic E-state index is 13.6. The molecule has 2 aromatic carbocycles. The number of aromatic nitrogens is 5. The van der Waals surface area contributed by atoms with Gasteiger partial charge in [0.1, 0.15) is 11.9 Å². The maximum Gasteiger partial charge on any atom is 0.247 e. The van der Waals surface area contributed by atoms with Gasteiger partial charge in [0.2, 0.25) is 17.6 Å². The van der Waals surface area contributed by atoms with E-state index in [1.165, 1.54) is 0 Å². The molecule has 0 spiro atoms. The molecule has 1 atom stereocenters. The van der Waals surface area contributed by atoms with Crippen LogP contribution >= 0.6 is 0 Å². The second kappa shape index (κ2) is 13.3. The Morgan fingerprint density at radius 1 is 1.00 bits per heavy atom. The normalized spacial score (nSPS) is 17.3. The summed E-state index contributed by atoms with van der Waals surface area (Å²) in [5.41, 5.74) is 10.1. The Labute approximate surface area is 245 Å². The quantitative estimate of drug-likeness (QED) is 0.227. The molecule has 11 nitrogen and oxygen atoms in total. The van der Waals surface area contributed by atoms with E-state index in [2.05, 4.69) is 36.2 Å². The predicted octanol–water partition coefficient (Wildman–Crippen LogP) is 3.43. The number of pyridine rings is 1. The Hall–Kier alpha value is -4.64. The van der Waals surface area contributed by atoms with Gasteiger partial charge >= 0.3 is 0 Å². The number of carbonyl (C=O) groups is 2. The van der Waals surface area contributed by atoms with E-state index in [1.54, 1.807) is 12.1 Å². The van der Waals surface area contributed by atoms with Crippen molar-refractivity contribution in [3.8, 4) is 22.5 Å². The Bertz CT molecular complexity index is 1460. The van der Waals surface area contributed by atoms with Crippen LogP contribution in [0, 0.1) is 11.8 Å². The highest BCUT2D eigenvalue weighted by Crippen LogP contribution is 2.29. The predicted molar refractivity (Wildman–Crippen MR) is 162 cm³/mol. The number of nitrogens with zero attached hydrogens (tertiary/aromatic N) is 5. The number of nitrogens with one attached hydrogen (secondary N) is 3. The number of nitrogens with two attached hydrogens (primary N) is 1. The highest BCUT2D eigenvalue weighted by atomic mass is 16.2. The van der Waals surface area contributed by atoms with Crippen molar-refractivity contribution >= 4 is 23.3 Å². The molecule has 5 rings (SSSR count). The minimum Gasteiger partial charge on any atom is -0.363 e. The molecule has 1 unspecified atom stereocenters. The molecule has 1 aliphatic rings. The number of rotatable bonds is 10. The summed E-state index contributed by atoms with van der Waals surface area (Å²) < 4.78 is 0. The molecular weight excluding hydrogens is 530 g/mol. The monoisotopic (exact) mass is 567 g/mol. The number of hydrogen-bond acceptors (Lipinski definition) is 8. The van der Waals surface area contributed by atoms with Crippen molar-refractivity contribution in [3.63, 3.8) is 0 Å². The molecule has 0 bridgehead atoms. The van der Waals surface area contributed by atoms with Crippen LogP contribution < -0.4 is 21.3 Å². The van der Waals surface area contributed by atoms with E-state index in [0.717, 1.165) is 53.8 Å². The zero-order chi connectivity index (χ0) is 29.5. The van der Waals surface area contributed by atoms with E-state index in [0.29, 0.717) is 30.4 Å². The van der Waals surface area contributed by atoms with Gasteiger partial charge in [0.05, 0.1) is 0 Å². The lowest BCUT2D eigenvalue weighted by atomic mass is 9.81. The molecule has 11 heteroatoms.